The molecule has 0 heterocycles. The van der Waals surface area contributed by atoms with Crippen molar-refractivity contribution in [2.75, 3.05) is 0 Å². The van der Waals surface area contributed by atoms with Crippen molar-refractivity contribution in [3.05, 3.63) is 177 Å². The fourth-order valence-electron chi connectivity index (χ4n) is 8.42. The molecule has 0 aromatic heterocycles. The normalized spacial score (nSPS) is 10.6. The van der Waals surface area contributed by atoms with Gasteiger partial charge in [-0.25, -0.2) is 0 Å². The average Bonchev–Trinajstić information content (AvgIpc) is 3.67. The van der Waals surface area contributed by atoms with Gasteiger partial charge in [0, 0.05) is 0 Å². The largest absolute Gasteiger partial charge is 1.00 e. The van der Waals surface area contributed by atoms with E-state index < -0.39 is 0 Å². The Morgan fingerprint density at radius 3 is 0.793 bits per heavy atom. The van der Waals surface area contributed by atoms with Gasteiger partial charge in [0.2, 0.25) is 0 Å². The monoisotopic (exact) mass is 892 g/mol. The number of rotatable bonds is 4. The van der Waals surface area contributed by atoms with Gasteiger partial charge in [-0.1, -0.05) is 189 Å². The van der Waals surface area contributed by atoms with E-state index in [1.165, 1.54) is 122 Å². The molecule has 0 aliphatic carbocycles. The molecule has 0 nitrogen and oxygen atoms in total. The van der Waals surface area contributed by atoms with E-state index in [1.807, 2.05) is 0 Å². The average molecular weight is 895 g/mol. The third-order valence-electron chi connectivity index (χ3n) is 10.2. The maximum atomic E-state index is 2.33. The van der Waals surface area contributed by atoms with Crippen molar-refractivity contribution < 1.29 is 48.1 Å². The van der Waals surface area contributed by atoms with Gasteiger partial charge >= 0.3 is 41.9 Å². The smallest absolute Gasteiger partial charge is 0.0274 e. The van der Waals surface area contributed by atoms with E-state index in [2.05, 4.69) is 204 Å². The van der Waals surface area contributed by atoms with Crippen LogP contribution in [0.1, 0.15) is 55.6 Å². The van der Waals surface area contributed by atoms with Crippen molar-refractivity contribution in [3.63, 3.8) is 0 Å². The third kappa shape index (κ3) is 11.3. The van der Waals surface area contributed by atoms with Crippen LogP contribution in [0.15, 0.2) is 121 Å². The fraction of sp³-hybridized carbons (Fsp3) is 0.222. The molecule has 58 heavy (non-hydrogen) atoms. The zero-order valence-electron chi connectivity index (χ0n) is 36.3. The second kappa shape index (κ2) is 20.0. The second-order valence-electron chi connectivity index (χ2n) is 16.5. The second-order valence-corrected chi connectivity index (χ2v) is 25.9. The van der Waals surface area contributed by atoms with Crippen LogP contribution >= 0.6 is 0 Å². The molecule has 0 saturated heterocycles. The van der Waals surface area contributed by atoms with Gasteiger partial charge in [-0.05, 0) is 66.5 Å². The molecule has 0 aliphatic heterocycles. The van der Waals surface area contributed by atoms with Crippen molar-refractivity contribution in [3.8, 4) is 44.5 Å². The van der Waals surface area contributed by atoms with Gasteiger partial charge in [-0.3, -0.25) is 0 Å². The van der Waals surface area contributed by atoms with Gasteiger partial charge in [0.25, 0.3) is 0 Å². The summed E-state index contributed by atoms with van der Waals surface area (Å²) in [5.41, 5.74) is 23.9. The van der Waals surface area contributed by atoms with Crippen LogP contribution < -0.4 is 24.8 Å². The van der Waals surface area contributed by atoms with Crippen LogP contribution in [-0.4, -0.2) is 5.43 Å². The maximum absolute atomic E-state index is 2.33. The molecule has 8 aromatic carbocycles. The van der Waals surface area contributed by atoms with Crippen LogP contribution in [0, 0.1) is 69.2 Å². The number of fused-ring (bicyclic) bond motifs is 2. The predicted octanol–water partition coefficient (Wildman–Crippen LogP) is 9.66. The molecule has 0 bridgehead atoms. The minimum Gasteiger partial charge on any atom is -1.00 e. The predicted molar refractivity (Wildman–Crippen MR) is 246 cm³/mol. The standard InChI is InChI=1S/2C26H25.C2H6Si.2ClH.Zr/c2*1-16-8-17(2)11-21(10-16)23-6-7-24(26-15-20(5)14-25(23)26)22-12-18(3)9-19(4)13-22;1-3-2;;;/h2*6-15H,1-5H3;1-2H3;2*1H;/q2*-1;;;;+2/p-2. The molecular weight excluding hydrogens is 839 g/mol. The summed E-state index contributed by atoms with van der Waals surface area (Å²) in [7, 11) is 0. The van der Waals surface area contributed by atoms with Gasteiger partial charge in [0.15, 0.2) is 0 Å². The van der Waals surface area contributed by atoms with Gasteiger partial charge < -0.3 is 24.8 Å². The summed E-state index contributed by atoms with van der Waals surface area (Å²) in [6, 6.07) is 45.8. The van der Waals surface area contributed by atoms with E-state index in [-0.39, 0.29) is 30.2 Å². The number of halogens is 2. The zero-order chi connectivity index (χ0) is 40.4. The van der Waals surface area contributed by atoms with Crippen LogP contribution in [0.5, 0.6) is 0 Å². The van der Waals surface area contributed by atoms with E-state index in [9.17, 15) is 0 Å². The summed E-state index contributed by atoms with van der Waals surface area (Å²) in [6.45, 7) is 26.4. The van der Waals surface area contributed by atoms with E-state index in [0.717, 1.165) is 0 Å². The Hall–Kier alpha value is -3.78. The van der Waals surface area contributed by atoms with Crippen molar-refractivity contribution >= 4 is 27.0 Å². The maximum Gasteiger partial charge on any atom is -0.0274 e. The molecular formula is C54H56Cl2SiZr-2. The van der Waals surface area contributed by atoms with Crippen LogP contribution in [0.2, 0.25) is 13.1 Å². The number of aryl methyl sites for hydroxylation is 10. The first kappa shape index (κ1) is 46.9. The molecule has 0 unspecified atom stereocenters. The SMILES string of the molecule is C[Si](C)=[Zr+2].Cc1cc(C)cc(-c2ccc(-c3cc(C)cc(C)c3)c3[cH-]c(C)cc23)c1.Cc1cc(C)cc(-c2ccc(-c3cc(C)cc(C)c3)c3[cH-]c(C)cc23)c1.[Cl-].[Cl-]. The van der Waals surface area contributed by atoms with Gasteiger partial charge in [-0.15, -0.1) is 44.8 Å². The molecule has 296 valence electrons. The molecule has 8 rings (SSSR count). The minimum absolute atomic E-state index is 0. The number of hydrogen-bond donors (Lipinski definition) is 0. The molecule has 0 amide bonds. The van der Waals surface area contributed by atoms with Gasteiger partial charge in [-0.2, -0.15) is 12.1 Å². The first-order valence-corrected chi connectivity index (χ1v) is 26.0. The number of hydrogen-bond acceptors (Lipinski definition) is 0. The van der Waals surface area contributed by atoms with Crippen molar-refractivity contribution in [1.82, 2.24) is 0 Å². The summed E-state index contributed by atoms with van der Waals surface area (Å²) >= 11 is 1.74. The summed E-state index contributed by atoms with van der Waals surface area (Å²) in [6.07, 6.45) is 0. The van der Waals surface area contributed by atoms with Crippen LogP contribution in [0.25, 0.3) is 66.1 Å². The van der Waals surface area contributed by atoms with Crippen molar-refractivity contribution in [2.24, 2.45) is 0 Å². The van der Waals surface area contributed by atoms with E-state index in [1.54, 1.807) is 23.3 Å². The summed E-state index contributed by atoms with van der Waals surface area (Å²) in [5.74, 6) is 0. The Morgan fingerprint density at radius 1 is 0.345 bits per heavy atom. The molecule has 0 fully saturated rings. The van der Waals surface area contributed by atoms with Gasteiger partial charge in [0.1, 0.15) is 0 Å². The molecule has 4 heteroatoms. The number of benzene rings is 6. The quantitative estimate of drug-likeness (QED) is 0.122. The van der Waals surface area contributed by atoms with Crippen LogP contribution in [0.3, 0.4) is 0 Å². The Bertz CT molecular complexity index is 2300. The molecule has 8 aromatic rings. The molecule has 0 N–H and O–H groups in total. The first-order valence-electron chi connectivity index (χ1n) is 19.8. The Morgan fingerprint density at radius 2 is 0.552 bits per heavy atom. The van der Waals surface area contributed by atoms with E-state index in [0.29, 0.717) is 0 Å². The Kier molecular flexibility index (Phi) is 16.2. The van der Waals surface area contributed by atoms with E-state index >= 15 is 0 Å². The van der Waals surface area contributed by atoms with Crippen LogP contribution in [0.4, 0.5) is 0 Å². The zero-order valence-corrected chi connectivity index (χ0v) is 41.3. The van der Waals surface area contributed by atoms with E-state index in [4.69, 9.17) is 0 Å². The molecule has 0 radical (unpaired) electrons. The van der Waals surface area contributed by atoms with Gasteiger partial charge in [0.05, 0.1) is 0 Å². The molecule has 0 atom stereocenters. The summed E-state index contributed by atoms with van der Waals surface area (Å²) < 4.78 is 0. The fourth-order valence-corrected chi connectivity index (χ4v) is 8.42. The van der Waals surface area contributed by atoms with Crippen molar-refractivity contribution in [2.45, 2.75) is 82.3 Å². The summed E-state index contributed by atoms with van der Waals surface area (Å²) in [5, 5.41) is 5.40. The van der Waals surface area contributed by atoms with Crippen LogP contribution in [-0.2, 0) is 23.3 Å². The molecule has 0 saturated carbocycles. The summed E-state index contributed by atoms with van der Waals surface area (Å²) in [4.78, 5) is 0. The first-order chi connectivity index (χ1) is 26.5. The molecule has 0 aliphatic rings. The Balaban J connectivity index is 0.000000228. The Labute approximate surface area is 376 Å². The third-order valence-corrected chi connectivity index (χ3v) is 10.2. The molecule has 0 spiro atoms. The van der Waals surface area contributed by atoms with Crippen molar-refractivity contribution in [1.29, 1.82) is 0 Å². The minimum atomic E-state index is 0. The topological polar surface area (TPSA) is 0 Å².